The van der Waals surface area contributed by atoms with Crippen molar-refractivity contribution in [1.82, 2.24) is 0 Å². The molecule has 1 fully saturated rings. The summed E-state index contributed by atoms with van der Waals surface area (Å²) in [6.07, 6.45) is 0.507. The van der Waals surface area contributed by atoms with Crippen LogP contribution in [0.4, 0.5) is 11.4 Å². The first-order valence-corrected chi connectivity index (χ1v) is 11.9. The number of thioether (sulfide) groups is 1. The van der Waals surface area contributed by atoms with Gasteiger partial charge in [-0.1, -0.05) is 65.9 Å². The van der Waals surface area contributed by atoms with E-state index in [9.17, 15) is 14.9 Å². The molecule has 0 spiro atoms. The molecular weight excluding hydrogens is 442 g/mol. The molecule has 0 aromatic heterocycles. The van der Waals surface area contributed by atoms with Gasteiger partial charge in [0, 0.05) is 11.4 Å². The number of nitrogens with zero attached hydrogens (tertiary/aromatic N) is 2. The molecule has 0 aliphatic carbocycles. The van der Waals surface area contributed by atoms with Gasteiger partial charge in [0.05, 0.1) is 5.25 Å². The number of nitrogens with one attached hydrogen (secondary N) is 1. The van der Waals surface area contributed by atoms with Gasteiger partial charge < -0.3 is 5.32 Å². The fourth-order valence-corrected chi connectivity index (χ4v) is 5.05. The van der Waals surface area contributed by atoms with Gasteiger partial charge in [-0.3, -0.25) is 14.5 Å². The Balaban J connectivity index is 1.74. The van der Waals surface area contributed by atoms with E-state index in [1.54, 1.807) is 12.1 Å². The molecule has 0 saturated carbocycles. The topological polar surface area (TPSA) is 73.2 Å². The third kappa shape index (κ3) is 4.90. The first kappa shape index (κ1) is 23.3. The number of benzene rings is 3. The second kappa shape index (κ2) is 9.98. The van der Waals surface area contributed by atoms with E-state index in [-0.39, 0.29) is 11.5 Å². The summed E-state index contributed by atoms with van der Waals surface area (Å²) in [6.45, 7) is 5.94. The van der Waals surface area contributed by atoms with Gasteiger partial charge in [0.25, 0.3) is 5.91 Å². The molecule has 5 nitrogen and oxygen atoms in total. The highest BCUT2D eigenvalue weighted by Gasteiger charge is 2.40. The van der Waals surface area contributed by atoms with Crippen LogP contribution < -0.4 is 10.2 Å². The Kier molecular flexibility index (Phi) is 6.85. The van der Waals surface area contributed by atoms with Crippen LogP contribution in [0.5, 0.6) is 0 Å². The Morgan fingerprint density at radius 3 is 2.35 bits per heavy atom. The minimum absolute atomic E-state index is 0.0762. The molecular formula is C28H25N3O2S. The second-order valence-corrected chi connectivity index (χ2v) is 9.54. The summed E-state index contributed by atoms with van der Waals surface area (Å²) in [4.78, 5) is 28.3. The molecule has 3 aromatic carbocycles. The van der Waals surface area contributed by atoms with E-state index in [0.29, 0.717) is 22.8 Å². The van der Waals surface area contributed by atoms with E-state index < -0.39 is 11.2 Å². The summed E-state index contributed by atoms with van der Waals surface area (Å²) in [6, 6.07) is 24.9. The van der Waals surface area contributed by atoms with Crippen LogP contribution in [0, 0.1) is 32.1 Å². The molecule has 1 aliphatic heterocycles. The Morgan fingerprint density at radius 1 is 1.00 bits per heavy atom. The standard InChI is InChI=1S/C28H25N3O2S/c1-18-9-12-22(13-10-18)30-26(32)24(17-29)28-31(23-14-11-19(2)20(3)15-23)27(33)25(34-28)16-21-7-5-4-6-8-21/h4-15,25H,16H2,1-3H3,(H,30,32)/b28-24-. The number of carbonyl (C=O) groups excluding carboxylic acids is 2. The molecule has 1 unspecified atom stereocenters. The average molecular weight is 468 g/mol. The molecule has 2 amide bonds. The summed E-state index contributed by atoms with van der Waals surface area (Å²) in [5.74, 6) is -0.668. The summed E-state index contributed by atoms with van der Waals surface area (Å²) >= 11 is 1.27. The number of nitriles is 1. The summed E-state index contributed by atoms with van der Waals surface area (Å²) in [5.41, 5.74) is 5.40. The molecule has 34 heavy (non-hydrogen) atoms. The quantitative estimate of drug-likeness (QED) is 0.387. The molecule has 0 radical (unpaired) electrons. The lowest BCUT2D eigenvalue weighted by atomic mass is 10.1. The number of amides is 2. The van der Waals surface area contributed by atoms with Crippen LogP contribution in [0.1, 0.15) is 22.3 Å². The summed E-state index contributed by atoms with van der Waals surface area (Å²) < 4.78 is 0. The van der Waals surface area contributed by atoms with E-state index in [1.807, 2.05) is 81.4 Å². The van der Waals surface area contributed by atoms with Crippen LogP contribution in [-0.2, 0) is 16.0 Å². The normalized spacial score (nSPS) is 16.8. The largest absolute Gasteiger partial charge is 0.321 e. The van der Waals surface area contributed by atoms with Crippen molar-refractivity contribution in [3.05, 3.63) is 106 Å². The molecule has 1 heterocycles. The third-order valence-electron chi connectivity index (χ3n) is 5.83. The smallest absolute Gasteiger partial charge is 0.269 e. The number of carbonyl (C=O) groups is 2. The zero-order chi connectivity index (χ0) is 24.2. The van der Waals surface area contributed by atoms with Crippen molar-refractivity contribution in [3.63, 3.8) is 0 Å². The monoisotopic (exact) mass is 467 g/mol. The van der Waals surface area contributed by atoms with Gasteiger partial charge in [-0.2, -0.15) is 5.26 Å². The predicted octanol–water partition coefficient (Wildman–Crippen LogP) is 5.68. The molecule has 170 valence electrons. The Morgan fingerprint density at radius 2 is 1.71 bits per heavy atom. The van der Waals surface area contributed by atoms with Crippen LogP contribution in [0.25, 0.3) is 0 Å². The minimum atomic E-state index is -0.532. The first-order valence-electron chi connectivity index (χ1n) is 11.0. The number of aryl methyl sites for hydroxylation is 3. The van der Waals surface area contributed by atoms with Gasteiger partial charge in [-0.25, -0.2) is 0 Å². The van der Waals surface area contributed by atoms with Crippen LogP contribution in [0.2, 0.25) is 0 Å². The molecule has 1 aliphatic rings. The van der Waals surface area contributed by atoms with Crippen molar-refractivity contribution in [2.45, 2.75) is 32.4 Å². The lowest BCUT2D eigenvalue weighted by molar-refractivity contribution is -0.117. The predicted molar refractivity (Wildman–Crippen MR) is 137 cm³/mol. The van der Waals surface area contributed by atoms with Crippen molar-refractivity contribution >= 4 is 35.0 Å². The van der Waals surface area contributed by atoms with Crippen molar-refractivity contribution in [2.24, 2.45) is 0 Å². The van der Waals surface area contributed by atoms with E-state index in [4.69, 9.17) is 0 Å². The second-order valence-electron chi connectivity index (χ2n) is 8.35. The fourth-order valence-electron chi connectivity index (χ4n) is 3.75. The average Bonchev–Trinajstić information content (AvgIpc) is 3.14. The first-order chi connectivity index (χ1) is 16.4. The van der Waals surface area contributed by atoms with Crippen molar-refractivity contribution in [2.75, 3.05) is 10.2 Å². The number of anilines is 2. The van der Waals surface area contributed by atoms with Crippen LogP contribution >= 0.6 is 11.8 Å². The highest BCUT2D eigenvalue weighted by atomic mass is 32.2. The number of rotatable bonds is 5. The Hall–Kier alpha value is -3.82. The van der Waals surface area contributed by atoms with Crippen molar-refractivity contribution in [3.8, 4) is 6.07 Å². The molecule has 3 aromatic rings. The van der Waals surface area contributed by atoms with Gasteiger partial charge in [-0.05, 0) is 68.1 Å². The Labute approximate surface area is 204 Å². The van der Waals surface area contributed by atoms with Gasteiger partial charge >= 0.3 is 0 Å². The minimum Gasteiger partial charge on any atom is -0.321 e. The van der Waals surface area contributed by atoms with E-state index >= 15 is 0 Å². The van der Waals surface area contributed by atoms with E-state index in [2.05, 4.69) is 11.4 Å². The number of hydrogen-bond donors (Lipinski definition) is 1. The van der Waals surface area contributed by atoms with Gasteiger partial charge in [0.2, 0.25) is 5.91 Å². The summed E-state index contributed by atoms with van der Waals surface area (Å²) in [5, 5.41) is 12.7. The van der Waals surface area contributed by atoms with E-state index in [1.165, 1.54) is 16.7 Å². The maximum Gasteiger partial charge on any atom is 0.269 e. The zero-order valence-corrected chi connectivity index (χ0v) is 20.1. The highest BCUT2D eigenvalue weighted by molar-refractivity contribution is 8.05. The van der Waals surface area contributed by atoms with Gasteiger partial charge in [0.1, 0.15) is 16.7 Å². The van der Waals surface area contributed by atoms with E-state index in [0.717, 1.165) is 22.3 Å². The SMILES string of the molecule is Cc1ccc(NC(=O)/C(C#N)=C2\SC(Cc3ccccc3)C(=O)N2c2ccc(C)c(C)c2)cc1. The zero-order valence-electron chi connectivity index (χ0n) is 19.3. The molecule has 4 rings (SSSR count). The number of hydrogen-bond acceptors (Lipinski definition) is 4. The van der Waals surface area contributed by atoms with Crippen molar-refractivity contribution < 1.29 is 9.59 Å². The van der Waals surface area contributed by atoms with Crippen molar-refractivity contribution in [1.29, 1.82) is 5.26 Å². The van der Waals surface area contributed by atoms with Crippen LogP contribution in [0.15, 0.2) is 83.4 Å². The summed E-state index contributed by atoms with van der Waals surface area (Å²) in [7, 11) is 0. The molecule has 1 N–H and O–H groups in total. The maximum absolute atomic E-state index is 13.6. The molecule has 1 atom stereocenters. The van der Waals surface area contributed by atoms with Crippen LogP contribution in [0.3, 0.4) is 0 Å². The lowest BCUT2D eigenvalue weighted by Crippen LogP contribution is -2.31. The third-order valence-corrected chi connectivity index (χ3v) is 7.09. The van der Waals surface area contributed by atoms with Crippen LogP contribution in [-0.4, -0.2) is 17.1 Å². The molecule has 0 bridgehead atoms. The highest BCUT2D eigenvalue weighted by Crippen LogP contribution is 2.42. The molecule has 1 saturated heterocycles. The maximum atomic E-state index is 13.6. The van der Waals surface area contributed by atoms with Gasteiger partial charge in [0.15, 0.2) is 0 Å². The lowest BCUT2D eigenvalue weighted by Gasteiger charge is -2.20. The fraction of sp³-hybridized carbons (Fsp3) is 0.179. The van der Waals surface area contributed by atoms with Gasteiger partial charge in [-0.15, -0.1) is 0 Å². The Bertz CT molecular complexity index is 1310. The molecule has 6 heteroatoms.